The van der Waals surface area contributed by atoms with Crippen molar-refractivity contribution in [1.82, 2.24) is 20.2 Å². The minimum Gasteiger partial charge on any atom is -0.298 e. The van der Waals surface area contributed by atoms with E-state index in [1.54, 1.807) is 12.1 Å². The lowest BCUT2D eigenvalue weighted by atomic mass is 10.2. The van der Waals surface area contributed by atoms with Crippen molar-refractivity contribution in [3.8, 4) is 0 Å². The molecule has 1 aliphatic rings. The smallest absolute Gasteiger partial charge is 0.214 e. The molecule has 3 rings (SSSR count). The average molecular weight is 281 g/mol. The Morgan fingerprint density at radius 3 is 2.94 bits per heavy atom. The molecule has 0 unspecified atom stereocenters. The standard InChI is InChI=1S/C11H9ClN4OS/c12-10-5-9(4-1-7(10)6-17)18-11-13-14-15-16(11)8-2-3-8/h1,4-6,8H,2-3H2. The maximum Gasteiger partial charge on any atom is 0.214 e. The number of aromatic nitrogens is 4. The first-order valence-corrected chi connectivity index (χ1v) is 6.68. The Bertz CT molecular complexity index is 596. The van der Waals surface area contributed by atoms with Crippen LogP contribution < -0.4 is 0 Å². The quantitative estimate of drug-likeness (QED) is 0.806. The van der Waals surface area contributed by atoms with Crippen LogP contribution in [0.1, 0.15) is 29.2 Å². The second-order valence-corrected chi connectivity index (χ2v) is 5.49. The van der Waals surface area contributed by atoms with Crippen molar-refractivity contribution in [2.24, 2.45) is 0 Å². The SMILES string of the molecule is O=Cc1ccc(Sc2nnnn2C2CC2)cc1Cl. The number of hydrogen-bond acceptors (Lipinski definition) is 5. The molecule has 92 valence electrons. The van der Waals surface area contributed by atoms with Crippen LogP contribution in [0.15, 0.2) is 28.3 Å². The number of rotatable bonds is 4. The molecule has 1 saturated carbocycles. The van der Waals surface area contributed by atoms with E-state index in [1.807, 2.05) is 10.7 Å². The van der Waals surface area contributed by atoms with E-state index in [9.17, 15) is 4.79 Å². The molecule has 5 nitrogen and oxygen atoms in total. The van der Waals surface area contributed by atoms with Gasteiger partial charge in [-0.3, -0.25) is 4.79 Å². The summed E-state index contributed by atoms with van der Waals surface area (Å²) in [5, 5.41) is 12.9. The fourth-order valence-corrected chi connectivity index (χ4v) is 2.74. The van der Waals surface area contributed by atoms with Crippen molar-refractivity contribution in [2.45, 2.75) is 28.9 Å². The molecule has 1 aromatic carbocycles. The van der Waals surface area contributed by atoms with Crippen LogP contribution in [0.25, 0.3) is 0 Å². The van der Waals surface area contributed by atoms with Gasteiger partial charge in [0.15, 0.2) is 6.29 Å². The Labute approximate surface area is 113 Å². The summed E-state index contributed by atoms with van der Waals surface area (Å²) in [6.45, 7) is 0. The summed E-state index contributed by atoms with van der Waals surface area (Å²) in [6.07, 6.45) is 3.00. The molecule has 1 aromatic heterocycles. The molecule has 2 aromatic rings. The maximum atomic E-state index is 10.7. The van der Waals surface area contributed by atoms with Crippen LogP contribution in [-0.2, 0) is 0 Å². The van der Waals surface area contributed by atoms with Gasteiger partial charge in [0.1, 0.15) is 0 Å². The van der Waals surface area contributed by atoms with Crippen LogP contribution in [-0.4, -0.2) is 26.5 Å². The highest BCUT2D eigenvalue weighted by atomic mass is 35.5. The van der Waals surface area contributed by atoms with E-state index >= 15 is 0 Å². The largest absolute Gasteiger partial charge is 0.298 e. The van der Waals surface area contributed by atoms with E-state index in [4.69, 9.17) is 11.6 Å². The second kappa shape index (κ2) is 4.70. The molecule has 0 radical (unpaired) electrons. The van der Waals surface area contributed by atoms with Crippen molar-refractivity contribution in [3.63, 3.8) is 0 Å². The molecule has 0 aliphatic heterocycles. The molecule has 1 fully saturated rings. The summed E-state index contributed by atoms with van der Waals surface area (Å²) in [7, 11) is 0. The van der Waals surface area contributed by atoms with E-state index in [2.05, 4.69) is 15.5 Å². The van der Waals surface area contributed by atoms with Crippen LogP contribution >= 0.6 is 23.4 Å². The molecule has 0 spiro atoms. The number of aldehydes is 1. The van der Waals surface area contributed by atoms with E-state index in [-0.39, 0.29) is 0 Å². The van der Waals surface area contributed by atoms with Crippen LogP contribution in [0, 0.1) is 0 Å². The van der Waals surface area contributed by atoms with Crippen LogP contribution in [0.2, 0.25) is 5.02 Å². The number of hydrogen-bond donors (Lipinski definition) is 0. The Balaban J connectivity index is 1.85. The molecule has 0 atom stereocenters. The summed E-state index contributed by atoms with van der Waals surface area (Å²) < 4.78 is 1.84. The third kappa shape index (κ3) is 2.26. The predicted octanol–water partition coefficient (Wildman–Crippen LogP) is 2.63. The molecule has 1 heterocycles. The van der Waals surface area contributed by atoms with E-state index < -0.39 is 0 Å². The highest BCUT2D eigenvalue weighted by Gasteiger charge is 2.28. The van der Waals surface area contributed by atoms with Crippen LogP contribution in [0.3, 0.4) is 0 Å². The summed E-state index contributed by atoms with van der Waals surface area (Å²) in [6, 6.07) is 5.73. The zero-order valence-electron chi connectivity index (χ0n) is 9.28. The predicted molar refractivity (Wildman–Crippen MR) is 67.1 cm³/mol. The number of tetrazole rings is 1. The van der Waals surface area contributed by atoms with Gasteiger partial charge in [0.25, 0.3) is 0 Å². The molecular formula is C11H9ClN4OS. The lowest BCUT2D eigenvalue weighted by Crippen LogP contribution is -1.98. The van der Waals surface area contributed by atoms with Gasteiger partial charge in [-0.2, -0.15) is 0 Å². The molecule has 7 heteroatoms. The van der Waals surface area contributed by atoms with Crippen molar-refractivity contribution >= 4 is 29.6 Å². The zero-order valence-corrected chi connectivity index (χ0v) is 10.9. The molecular weight excluding hydrogens is 272 g/mol. The normalized spacial score (nSPS) is 14.7. The maximum absolute atomic E-state index is 10.7. The van der Waals surface area contributed by atoms with Gasteiger partial charge in [-0.05, 0) is 53.2 Å². The highest BCUT2D eigenvalue weighted by Crippen LogP contribution is 2.38. The monoisotopic (exact) mass is 280 g/mol. The lowest BCUT2D eigenvalue weighted by molar-refractivity contribution is 0.112. The Kier molecular flexibility index (Phi) is 3.05. The number of carbonyl (C=O) groups excluding carboxylic acids is 1. The molecule has 0 amide bonds. The first-order valence-electron chi connectivity index (χ1n) is 5.48. The number of halogens is 1. The zero-order chi connectivity index (χ0) is 12.5. The molecule has 1 aliphatic carbocycles. The minimum atomic E-state index is 0.437. The van der Waals surface area contributed by atoms with Gasteiger partial charge in [0.05, 0.1) is 11.1 Å². The highest BCUT2D eigenvalue weighted by molar-refractivity contribution is 7.99. The summed E-state index contributed by atoms with van der Waals surface area (Å²) >= 11 is 7.43. The molecule has 0 bridgehead atoms. The van der Waals surface area contributed by atoms with Gasteiger partial charge in [-0.1, -0.05) is 11.6 Å². The molecule has 0 saturated heterocycles. The van der Waals surface area contributed by atoms with Gasteiger partial charge in [-0.25, -0.2) is 4.68 Å². The van der Waals surface area contributed by atoms with Gasteiger partial charge >= 0.3 is 0 Å². The van der Waals surface area contributed by atoms with E-state index in [0.29, 0.717) is 16.6 Å². The van der Waals surface area contributed by atoms with Crippen molar-refractivity contribution < 1.29 is 4.79 Å². The summed E-state index contributed by atoms with van der Waals surface area (Å²) in [4.78, 5) is 11.6. The first-order chi connectivity index (χ1) is 8.78. The number of carbonyl (C=O) groups is 1. The van der Waals surface area contributed by atoms with Gasteiger partial charge < -0.3 is 0 Å². The van der Waals surface area contributed by atoms with Crippen molar-refractivity contribution in [2.75, 3.05) is 0 Å². The molecule has 18 heavy (non-hydrogen) atoms. The third-order valence-corrected chi connectivity index (χ3v) is 3.93. The number of benzene rings is 1. The first kappa shape index (κ1) is 11.7. The van der Waals surface area contributed by atoms with Crippen LogP contribution in [0.5, 0.6) is 0 Å². The Morgan fingerprint density at radius 2 is 2.28 bits per heavy atom. The fraction of sp³-hybridized carbons (Fsp3) is 0.273. The Hall–Kier alpha value is -1.40. The van der Waals surface area contributed by atoms with Gasteiger partial charge in [-0.15, -0.1) is 5.10 Å². The van der Waals surface area contributed by atoms with Crippen molar-refractivity contribution in [3.05, 3.63) is 28.8 Å². The van der Waals surface area contributed by atoms with Gasteiger partial charge in [0, 0.05) is 10.5 Å². The third-order valence-electron chi connectivity index (χ3n) is 2.66. The number of nitrogens with zero attached hydrogens (tertiary/aromatic N) is 4. The van der Waals surface area contributed by atoms with Gasteiger partial charge in [0.2, 0.25) is 5.16 Å². The van der Waals surface area contributed by atoms with Crippen molar-refractivity contribution in [1.29, 1.82) is 0 Å². The average Bonchev–Trinajstić information content (AvgIpc) is 3.11. The topological polar surface area (TPSA) is 60.7 Å². The minimum absolute atomic E-state index is 0.437. The summed E-state index contributed by atoms with van der Waals surface area (Å²) in [5.74, 6) is 0. The van der Waals surface area contributed by atoms with Crippen LogP contribution in [0.4, 0.5) is 0 Å². The lowest BCUT2D eigenvalue weighted by Gasteiger charge is -2.03. The molecule has 0 N–H and O–H groups in total. The Morgan fingerprint density at radius 1 is 1.44 bits per heavy atom. The van der Waals surface area contributed by atoms with E-state index in [1.165, 1.54) is 11.8 Å². The summed E-state index contributed by atoms with van der Waals surface area (Å²) in [5.41, 5.74) is 0.489. The van der Waals surface area contributed by atoms with E-state index in [0.717, 1.165) is 29.2 Å². The fourth-order valence-electron chi connectivity index (χ4n) is 1.57. The second-order valence-electron chi connectivity index (χ2n) is 4.04.